The third kappa shape index (κ3) is 3.21. The van der Waals surface area contributed by atoms with Crippen LogP contribution in [0.5, 0.6) is 0 Å². The molecule has 2 rings (SSSR count). The van der Waals surface area contributed by atoms with Crippen molar-refractivity contribution in [3.63, 3.8) is 0 Å². The summed E-state index contributed by atoms with van der Waals surface area (Å²) in [6.07, 6.45) is 0.127. The summed E-state index contributed by atoms with van der Waals surface area (Å²) in [5.41, 5.74) is 2.56. The normalized spacial score (nSPS) is 14.1. The van der Waals surface area contributed by atoms with Gasteiger partial charge in [0.25, 0.3) is 0 Å². The monoisotopic (exact) mass is 258 g/mol. The zero-order chi connectivity index (χ0) is 13.8. The van der Waals surface area contributed by atoms with Crippen LogP contribution in [0, 0.1) is 12.7 Å². The minimum absolute atomic E-state index is 0.0117. The second kappa shape index (κ2) is 5.98. The molecule has 0 fully saturated rings. The van der Waals surface area contributed by atoms with Gasteiger partial charge in [-0.3, -0.25) is 0 Å². The summed E-state index contributed by atoms with van der Waals surface area (Å²) in [5.74, 6) is -0.306. The summed E-state index contributed by atoms with van der Waals surface area (Å²) in [5, 5.41) is 10.5. The van der Waals surface area contributed by atoms with Gasteiger partial charge in [0, 0.05) is 5.92 Å². The average molecular weight is 258 g/mol. The standard InChI is InChI=1S/C17H19FO/c1-3-16(13-7-5-4-6-8-13)17(19)14-9-12(2)10-15(18)11-14/h4-11,16-17,19H,3H2,1-2H3. The van der Waals surface area contributed by atoms with Gasteiger partial charge in [-0.2, -0.15) is 0 Å². The van der Waals surface area contributed by atoms with E-state index in [9.17, 15) is 9.50 Å². The first kappa shape index (κ1) is 13.8. The first-order valence-electron chi connectivity index (χ1n) is 6.62. The number of aryl methyl sites for hydroxylation is 1. The van der Waals surface area contributed by atoms with E-state index in [4.69, 9.17) is 0 Å². The van der Waals surface area contributed by atoms with Gasteiger partial charge < -0.3 is 5.11 Å². The van der Waals surface area contributed by atoms with Crippen LogP contribution in [0.4, 0.5) is 4.39 Å². The van der Waals surface area contributed by atoms with E-state index in [0.717, 1.165) is 17.5 Å². The number of aliphatic hydroxyl groups excluding tert-OH is 1. The Morgan fingerprint density at radius 3 is 2.32 bits per heavy atom. The van der Waals surface area contributed by atoms with Crippen LogP contribution in [-0.2, 0) is 0 Å². The van der Waals surface area contributed by atoms with Crippen LogP contribution in [0.15, 0.2) is 48.5 Å². The minimum Gasteiger partial charge on any atom is -0.388 e. The van der Waals surface area contributed by atoms with Gasteiger partial charge in [-0.05, 0) is 42.2 Å². The molecule has 0 aliphatic heterocycles. The second-order valence-electron chi connectivity index (χ2n) is 4.93. The van der Waals surface area contributed by atoms with Gasteiger partial charge in [-0.15, -0.1) is 0 Å². The number of halogens is 1. The molecule has 0 saturated heterocycles. The maximum atomic E-state index is 13.4. The zero-order valence-corrected chi connectivity index (χ0v) is 11.3. The SMILES string of the molecule is CCC(c1ccccc1)C(O)c1cc(C)cc(F)c1. The lowest BCUT2D eigenvalue weighted by Gasteiger charge is -2.23. The molecule has 2 unspecified atom stereocenters. The molecular weight excluding hydrogens is 239 g/mol. The molecule has 0 aromatic heterocycles. The first-order chi connectivity index (χ1) is 9.11. The molecule has 2 heteroatoms. The highest BCUT2D eigenvalue weighted by Crippen LogP contribution is 2.34. The Morgan fingerprint density at radius 2 is 1.74 bits per heavy atom. The lowest BCUT2D eigenvalue weighted by Crippen LogP contribution is -2.10. The van der Waals surface area contributed by atoms with Gasteiger partial charge in [-0.1, -0.05) is 43.3 Å². The lowest BCUT2D eigenvalue weighted by atomic mass is 9.87. The van der Waals surface area contributed by atoms with Crippen molar-refractivity contribution in [1.29, 1.82) is 0 Å². The largest absolute Gasteiger partial charge is 0.388 e. The number of rotatable bonds is 4. The quantitative estimate of drug-likeness (QED) is 0.863. The maximum absolute atomic E-state index is 13.4. The molecule has 0 radical (unpaired) electrons. The van der Waals surface area contributed by atoms with Crippen LogP contribution < -0.4 is 0 Å². The third-order valence-electron chi connectivity index (χ3n) is 3.45. The maximum Gasteiger partial charge on any atom is 0.123 e. The fourth-order valence-electron chi connectivity index (χ4n) is 2.51. The summed E-state index contributed by atoms with van der Waals surface area (Å²) < 4.78 is 13.4. The summed E-state index contributed by atoms with van der Waals surface area (Å²) >= 11 is 0. The highest BCUT2D eigenvalue weighted by molar-refractivity contribution is 5.30. The second-order valence-corrected chi connectivity index (χ2v) is 4.93. The zero-order valence-electron chi connectivity index (χ0n) is 11.3. The van der Waals surface area contributed by atoms with Gasteiger partial charge in [-0.25, -0.2) is 4.39 Å². The smallest absolute Gasteiger partial charge is 0.123 e. The van der Waals surface area contributed by atoms with Crippen LogP contribution in [-0.4, -0.2) is 5.11 Å². The Hall–Kier alpha value is -1.67. The van der Waals surface area contributed by atoms with Crippen molar-refractivity contribution >= 4 is 0 Å². The van der Waals surface area contributed by atoms with E-state index < -0.39 is 6.10 Å². The Labute approximate surface area is 113 Å². The van der Waals surface area contributed by atoms with E-state index in [2.05, 4.69) is 0 Å². The lowest BCUT2D eigenvalue weighted by molar-refractivity contribution is 0.142. The highest BCUT2D eigenvalue weighted by atomic mass is 19.1. The molecular formula is C17H19FO. The number of hydrogen-bond donors (Lipinski definition) is 1. The van der Waals surface area contributed by atoms with Crippen molar-refractivity contribution < 1.29 is 9.50 Å². The number of benzene rings is 2. The van der Waals surface area contributed by atoms with Crippen molar-refractivity contribution in [1.82, 2.24) is 0 Å². The van der Waals surface area contributed by atoms with Crippen LogP contribution in [0.3, 0.4) is 0 Å². The predicted molar refractivity (Wildman–Crippen MR) is 75.6 cm³/mol. The molecule has 0 aliphatic carbocycles. The molecule has 1 nitrogen and oxygen atoms in total. The van der Waals surface area contributed by atoms with E-state index in [0.29, 0.717) is 5.56 Å². The van der Waals surface area contributed by atoms with Crippen molar-refractivity contribution in [2.75, 3.05) is 0 Å². The van der Waals surface area contributed by atoms with Crippen LogP contribution >= 0.6 is 0 Å². The third-order valence-corrected chi connectivity index (χ3v) is 3.45. The Balaban J connectivity index is 2.33. The van der Waals surface area contributed by atoms with E-state index in [1.54, 1.807) is 0 Å². The van der Waals surface area contributed by atoms with Crippen molar-refractivity contribution in [2.24, 2.45) is 0 Å². The molecule has 0 spiro atoms. The molecule has 0 bridgehead atoms. The molecule has 19 heavy (non-hydrogen) atoms. The molecule has 0 saturated carbocycles. The molecule has 2 aromatic rings. The molecule has 0 heterocycles. The van der Waals surface area contributed by atoms with Crippen molar-refractivity contribution in [3.8, 4) is 0 Å². The molecule has 1 N–H and O–H groups in total. The summed E-state index contributed by atoms with van der Waals surface area (Å²) in [6, 6.07) is 14.6. The van der Waals surface area contributed by atoms with E-state index >= 15 is 0 Å². The van der Waals surface area contributed by atoms with Crippen molar-refractivity contribution in [3.05, 3.63) is 71.0 Å². The van der Waals surface area contributed by atoms with Crippen LogP contribution in [0.25, 0.3) is 0 Å². The number of hydrogen-bond acceptors (Lipinski definition) is 1. The fourth-order valence-corrected chi connectivity index (χ4v) is 2.51. The van der Waals surface area contributed by atoms with Gasteiger partial charge in [0.05, 0.1) is 6.10 Å². The van der Waals surface area contributed by atoms with Crippen molar-refractivity contribution in [2.45, 2.75) is 32.3 Å². The van der Waals surface area contributed by atoms with E-state index in [-0.39, 0.29) is 11.7 Å². The topological polar surface area (TPSA) is 20.2 Å². The molecule has 2 aromatic carbocycles. The predicted octanol–water partition coefficient (Wildman–Crippen LogP) is 4.36. The van der Waals surface area contributed by atoms with Gasteiger partial charge in [0.15, 0.2) is 0 Å². The molecule has 0 aliphatic rings. The Morgan fingerprint density at radius 1 is 1.05 bits per heavy atom. The summed E-state index contributed by atoms with van der Waals surface area (Å²) in [4.78, 5) is 0. The fraction of sp³-hybridized carbons (Fsp3) is 0.294. The average Bonchev–Trinajstić information content (AvgIpc) is 2.39. The summed E-state index contributed by atoms with van der Waals surface area (Å²) in [6.45, 7) is 3.87. The molecule has 0 amide bonds. The van der Waals surface area contributed by atoms with E-state index in [1.165, 1.54) is 12.1 Å². The minimum atomic E-state index is -0.679. The Kier molecular flexibility index (Phi) is 4.33. The molecule has 100 valence electrons. The van der Waals surface area contributed by atoms with E-state index in [1.807, 2.05) is 50.2 Å². The first-order valence-corrected chi connectivity index (χ1v) is 6.62. The van der Waals surface area contributed by atoms with Gasteiger partial charge in [0.1, 0.15) is 5.82 Å². The van der Waals surface area contributed by atoms with Gasteiger partial charge in [0.2, 0.25) is 0 Å². The highest BCUT2D eigenvalue weighted by Gasteiger charge is 2.21. The van der Waals surface area contributed by atoms with Crippen LogP contribution in [0.2, 0.25) is 0 Å². The molecule has 2 atom stereocenters. The Bertz CT molecular complexity index is 516. The summed E-state index contributed by atoms with van der Waals surface area (Å²) in [7, 11) is 0. The number of aliphatic hydroxyl groups is 1. The van der Waals surface area contributed by atoms with Gasteiger partial charge >= 0.3 is 0 Å². The van der Waals surface area contributed by atoms with Crippen LogP contribution in [0.1, 0.15) is 42.1 Å².